The van der Waals surface area contributed by atoms with Gasteiger partial charge in [0.25, 0.3) is 0 Å². The quantitative estimate of drug-likeness (QED) is 0.577. The molecule has 0 heterocycles. The fourth-order valence-electron chi connectivity index (χ4n) is 1.89. The van der Waals surface area contributed by atoms with Crippen LogP contribution < -0.4 is 10.6 Å². The van der Waals surface area contributed by atoms with E-state index in [0.717, 1.165) is 5.56 Å². The maximum Gasteiger partial charge on any atom is 0.414 e. The van der Waals surface area contributed by atoms with Gasteiger partial charge in [-0.3, -0.25) is 4.79 Å². The molecule has 0 bridgehead atoms. The van der Waals surface area contributed by atoms with Crippen molar-refractivity contribution in [2.24, 2.45) is 0 Å². The molecule has 0 radical (unpaired) electrons. The molecule has 2 aromatic rings. The lowest BCUT2D eigenvalue weighted by Crippen LogP contribution is -2.28. The van der Waals surface area contributed by atoms with Gasteiger partial charge in [-0.2, -0.15) is 0 Å². The Morgan fingerprint density at radius 2 is 1.67 bits per heavy atom. The van der Waals surface area contributed by atoms with Crippen LogP contribution in [0.3, 0.4) is 0 Å². The van der Waals surface area contributed by atoms with Gasteiger partial charge in [-0.1, -0.05) is 35.9 Å². The van der Waals surface area contributed by atoms with Crippen molar-refractivity contribution < 1.29 is 29.0 Å². The molecule has 0 unspecified atom stereocenters. The number of aliphatic carboxylic acids is 2. The van der Waals surface area contributed by atoms with Gasteiger partial charge in [-0.25, -0.2) is 14.0 Å². The second-order valence-electron chi connectivity index (χ2n) is 5.27. The van der Waals surface area contributed by atoms with Crippen molar-refractivity contribution in [2.45, 2.75) is 13.5 Å². The van der Waals surface area contributed by atoms with Crippen LogP contribution in [0.25, 0.3) is 0 Å². The summed E-state index contributed by atoms with van der Waals surface area (Å²) in [5, 5.41) is 21.1. The maximum atomic E-state index is 13.4. The number of amides is 1. The van der Waals surface area contributed by atoms with Gasteiger partial charge < -0.3 is 20.8 Å². The van der Waals surface area contributed by atoms with E-state index in [2.05, 4.69) is 10.6 Å². The standard InChI is InChI=1S/C16H16ClFN2O.C2H2O4/c1-11-13(17)6-4-8-15(11)20-16(21)10-19-9-12-5-2-3-7-14(12)18;3-1(4)2(5)6/h2-8,19H,9-10H2,1H3,(H,20,21);(H,3,4)(H,5,6). The monoisotopic (exact) mass is 396 g/mol. The molecular weight excluding hydrogens is 379 g/mol. The van der Waals surface area contributed by atoms with E-state index in [4.69, 9.17) is 31.4 Å². The molecule has 2 rings (SSSR count). The third kappa shape index (κ3) is 7.85. The Kier molecular flexibility index (Phi) is 8.91. The van der Waals surface area contributed by atoms with Crippen LogP contribution in [-0.2, 0) is 20.9 Å². The van der Waals surface area contributed by atoms with Crippen molar-refractivity contribution in [3.05, 3.63) is 64.4 Å². The number of hydrogen-bond donors (Lipinski definition) is 4. The molecule has 0 aliphatic heterocycles. The summed E-state index contributed by atoms with van der Waals surface area (Å²) in [5.41, 5.74) is 2.03. The van der Waals surface area contributed by atoms with Crippen molar-refractivity contribution in [3.8, 4) is 0 Å². The molecule has 2 aromatic carbocycles. The van der Waals surface area contributed by atoms with E-state index >= 15 is 0 Å². The van der Waals surface area contributed by atoms with Gasteiger partial charge in [-0.15, -0.1) is 0 Å². The van der Waals surface area contributed by atoms with Gasteiger partial charge in [0.2, 0.25) is 5.91 Å². The molecule has 0 aliphatic rings. The number of benzene rings is 2. The molecule has 0 aromatic heterocycles. The molecule has 27 heavy (non-hydrogen) atoms. The van der Waals surface area contributed by atoms with Crippen LogP contribution in [0.1, 0.15) is 11.1 Å². The summed E-state index contributed by atoms with van der Waals surface area (Å²) < 4.78 is 13.4. The number of hydrogen-bond acceptors (Lipinski definition) is 4. The van der Waals surface area contributed by atoms with Crippen LogP contribution >= 0.6 is 11.6 Å². The van der Waals surface area contributed by atoms with Crippen molar-refractivity contribution in [1.29, 1.82) is 0 Å². The second-order valence-corrected chi connectivity index (χ2v) is 5.67. The van der Waals surface area contributed by atoms with Crippen molar-refractivity contribution >= 4 is 35.1 Å². The summed E-state index contributed by atoms with van der Waals surface area (Å²) in [7, 11) is 0. The highest BCUT2D eigenvalue weighted by Crippen LogP contribution is 2.22. The fraction of sp³-hybridized carbons (Fsp3) is 0.167. The van der Waals surface area contributed by atoms with Crippen LogP contribution in [0.2, 0.25) is 5.02 Å². The van der Waals surface area contributed by atoms with Crippen LogP contribution in [0.5, 0.6) is 0 Å². The van der Waals surface area contributed by atoms with E-state index in [1.54, 1.807) is 36.4 Å². The average Bonchev–Trinajstić information content (AvgIpc) is 2.61. The second kappa shape index (κ2) is 10.9. The number of nitrogens with one attached hydrogen (secondary N) is 2. The molecule has 9 heteroatoms. The summed E-state index contributed by atoms with van der Waals surface area (Å²) in [6.07, 6.45) is 0. The van der Waals surface area contributed by atoms with E-state index in [9.17, 15) is 9.18 Å². The van der Waals surface area contributed by atoms with Gasteiger partial charge in [-0.05, 0) is 30.7 Å². The van der Waals surface area contributed by atoms with Gasteiger partial charge >= 0.3 is 11.9 Å². The highest BCUT2D eigenvalue weighted by molar-refractivity contribution is 6.31. The first-order chi connectivity index (χ1) is 12.7. The highest BCUT2D eigenvalue weighted by Gasteiger charge is 2.07. The van der Waals surface area contributed by atoms with Crippen LogP contribution in [0.4, 0.5) is 10.1 Å². The number of carbonyl (C=O) groups is 3. The predicted molar refractivity (Wildman–Crippen MR) is 98.2 cm³/mol. The fourth-order valence-corrected chi connectivity index (χ4v) is 2.06. The molecule has 0 aliphatic carbocycles. The number of carboxylic acids is 2. The maximum absolute atomic E-state index is 13.4. The number of halogens is 2. The number of anilines is 1. The van der Waals surface area contributed by atoms with Gasteiger partial charge in [0, 0.05) is 22.8 Å². The van der Waals surface area contributed by atoms with Gasteiger partial charge in [0.1, 0.15) is 5.82 Å². The van der Waals surface area contributed by atoms with Crippen LogP contribution in [0.15, 0.2) is 42.5 Å². The van der Waals surface area contributed by atoms with Gasteiger partial charge in [0.15, 0.2) is 0 Å². The van der Waals surface area contributed by atoms with E-state index in [1.807, 2.05) is 6.92 Å². The Hall–Kier alpha value is -2.97. The zero-order chi connectivity index (χ0) is 20.4. The lowest BCUT2D eigenvalue weighted by molar-refractivity contribution is -0.159. The Morgan fingerprint density at radius 3 is 2.26 bits per heavy atom. The van der Waals surface area contributed by atoms with Crippen molar-refractivity contribution in [2.75, 3.05) is 11.9 Å². The van der Waals surface area contributed by atoms with Crippen LogP contribution in [0, 0.1) is 12.7 Å². The minimum Gasteiger partial charge on any atom is -0.473 e. The summed E-state index contributed by atoms with van der Waals surface area (Å²) in [6, 6.07) is 11.8. The third-order valence-electron chi connectivity index (χ3n) is 3.28. The first-order valence-corrected chi connectivity index (χ1v) is 8.05. The topological polar surface area (TPSA) is 116 Å². The number of rotatable bonds is 5. The SMILES string of the molecule is Cc1c(Cl)cccc1NC(=O)CNCc1ccccc1F.O=C(O)C(=O)O. The van der Waals surface area contributed by atoms with Crippen LogP contribution in [-0.4, -0.2) is 34.6 Å². The summed E-state index contributed by atoms with van der Waals surface area (Å²) in [4.78, 5) is 30.0. The summed E-state index contributed by atoms with van der Waals surface area (Å²) in [5.74, 6) is -4.13. The zero-order valence-electron chi connectivity index (χ0n) is 14.3. The molecule has 0 saturated heterocycles. The predicted octanol–water partition coefficient (Wildman–Crippen LogP) is 2.67. The lowest BCUT2D eigenvalue weighted by Gasteiger charge is -2.10. The van der Waals surface area contributed by atoms with E-state index < -0.39 is 11.9 Å². The normalized spacial score (nSPS) is 9.74. The number of carboxylic acid groups (broad SMARTS) is 2. The minimum atomic E-state index is -1.82. The minimum absolute atomic E-state index is 0.0975. The molecule has 4 N–H and O–H groups in total. The Morgan fingerprint density at radius 1 is 1.04 bits per heavy atom. The first kappa shape index (κ1) is 22.1. The molecule has 0 fully saturated rings. The number of carbonyl (C=O) groups excluding carboxylic acids is 1. The lowest BCUT2D eigenvalue weighted by atomic mass is 10.2. The van der Waals surface area contributed by atoms with Crippen molar-refractivity contribution in [3.63, 3.8) is 0 Å². The molecule has 7 nitrogen and oxygen atoms in total. The van der Waals surface area contributed by atoms with Gasteiger partial charge in [0.05, 0.1) is 6.54 Å². The molecular formula is C18H18ClFN2O5. The highest BCUT2D eigenvalue weighted by atomic mass is 35.5. The molecule has 144 valence electrons. The average molecular weight is 397 g/mol. The molecule has 1 amide bonds. The first-order valence-electron chi connectivity index (χ1n) is 7.67. The molecule has 0 spiro atoms. The molecule has 0 saturated carbocycles. The zero-order valence-corrected chi connectivity index (χ0v) is 15.1. The third-order valence-corrected chi connectivity index (χ3v) is 3.69. The Labute approximate surface area is 159 Å². The summed E-state index contributed by atoms with van der Waals surface area (Å²) >= 11 is 5.99. The Balaban J connectivity index is 0.000000527. The van der Waals surface area contributed by atoms with E-state index in [-0.39, 0.29) is 18.3 Å². The van der Waals surface area contributed by atoms with Crippen molar-refractivity contribution in [1.82, 2.24) is 5.32 Å². The van der Waals surface area contributed by atoms with E-state index in [1.165, 1.54) is 6.07 Å². The smallest absolute Gasteiger partial charge is 0.414 e. The largest absolute Gasteiger partial charge is 0.473 e. The summed E-state index contributed by atoms with van der Waals surface area (Å²) in [6.45, 7) is 2.24. The van der Waals surface area contributed by atoms with E-state index in [0.29, 0.717) is 22.8 Å². The Bertz CT molecular complexity index is 817. The molecule has 0 atom stereocenters.